The largest absolute Gasteiger partial charge is 0.495 e. The van der Waals surface area contributed by atoms with Crippen LogP contribution in [-0.4, -0.2) is 27.5 Å². The third kappa shape index (κ3) is 4.85. The molecule has 3 rings (SSSR count). The molecule has 152 valence electrons. The molecule has 0 saturated heterocycles. The number of rotatable bonds is 7. The van der Waals surface area contributed by atoms with E-state index in [0.29, 0.717) is 5.75 Å². The van der Waals surface area contributed by atoms with Gasteiger partial charge in [0.15, 0.2) is 6.10 Å². The maximum absolute atomic E-state index is 12.5. The molecule has 2 N–H and O–H groups in total. The predicted molar refractivity (Wildman–Crippen MR) is 110 cm³/mol. The van der Waals surface area contributed by atoms with Gasteiger partial charge in [-0.05, 0) is 54.4 Å². The second kappa shape index (κ2) is 8.50. The summed E-state index contributed by atoms with van der Waals surface area (Å²) in [4.78, 5) is 14.3. The Bertz CT molecular complexity index is 1140. The number of ether oxygens (including phenoxy) is 2. The molecule has 0 spiro atoms. The van der Waals surface area contributed by atoms with Crippen molar-refractivity contribution in [3.63, 3.8) is 0 Å². The monoisotopic (exact) mass is 414 g/mol. The first-order chi connectivity index (χ1) is 13.8. The Labute approximate surface area is 169 Å². The van der Waals surface area contributed by atoms with Gasteiger partial charge in [-0.2, -0.15) is 0 Å². The van der Waals surface area contributed by atoms with Gasteiger partial charge in [-0.3, -0.25) is 10.2 Å². The van der Waals surface area contributed by atoms with Crippen LogP contribution < -0.4 is 19.7 Å². The molecule has 0 fully saturated rings. The summed E-state index contributed by atoms with van der Waals surface area (Å²) in [6.07, 6.45) is -0.918. The SMILES string of the molecule is COc1ccc(C)cc1S(=O)(=O)NNC(=O)[C@H](C)Oc1ccc2ccccc2c1. The molecule has 0 saturated carbocycles. The third-order valence-electron chi connectivity index (χ3n) is 4.32. The summed E-state index contributed by atoms with van der Waals surface area (Å²) in [5.41, 5.74) is 2.93. The fraction of sp³-hybridized carbons (Fsp3) is 0.190. The van der Waals surface area contributed by atoms with Gasteiger partial charge in [0.05, 0.1) is 7.11 Å². The quantitative estimate of drug-likeness (QED) is 0.580. The number of methoxy groups -OCH3 is 1. The van der Waals surface area contributed by atoms with Crippen molar-refractivity contribution in [2.75, 3.05) is 7.11 Å². The molecule has 0 radical (unpaired) electrons. The number of carbonyl (C=O) groups is 1. The average Bonchev–Trinajstić information content (AvgIpc) is 2.72. The zero-order valence-electron chi connectivity index (χ0n) is 16.3. The van der Waals surface area contributed by atoms with Gasteiger partial charge in [-0.1, -0.05) is 36.4 Å². The molecule has 3 aromatic carbocycles. The van der Waals surface area contributed by atoms with Crippen LogP contribution in [0.5, 0.6) is 11.5 Å². The van der Waals surface area contributed by atoms with Gasteiger partial charge in [0, 0.05) is 0 Å². The van der Waals surface area contributed by atoms with Crippen LogP contribution in [0.25, 0.3) is 10.8 Å². The Kier molecular flexibility index (Phi) is 6.05. The first-order valence-corrected chi connectivity index (χ1v) is 10.4. The van der Waals surface area contributed by atoms with Gasteiger partial charge in [0.2, 0.25) is 0 Å². The average molecular weight is 414 g/mol. The Hall–Kier alpha value is -3.10. The Balaban J connectivity index is 1.67. The van der Waals surface area contributed by atoms with Gasteiger partial charge in [-0.15, -0.1) is 4.83 Å². The molecule has 0 unspecified atom stereocenters. The summed E-state index contributed by atoms with van der Waals surface area (Å²) >= 11 is 0. The highest BCUT2D eigenvalue weighted by atomic mass is 32.2. The van der Waals surface area contributed by atoms with Crippen molar-refractivity contribution < 1.29 is 22.7 Å². The number of aryl methyl sites for hydroxylation is 1. The van der Waals surface area contributed by atoms with E-state index < -0.39 is 22.0 Å². The fourth-order valence-corrected chi connectivity index (χ4v) is 3.87. The highest BCUT2D eigenvalue weighted by molar-refractivity contribution is 7.89. The second-order valence-corrected chi connectivity index (χ2v) is 8.17. The minimum absolute atomic E-state index is 0.0663. The van der Waals surface area contributed by atoms with E-state index in [-0.39, 0.29) is 10.6 Å². The topological polar surface area (TPSA) is 93.7 Å². The lowest BCUT2D eigenvalue weighted by molar-refractivity contribution is -0.127. The van der Waals surface area contributed by atoms with Crippen molar-refractivity contribution in [1.29, 1.82) is 0 Å². The van der Waals surface area contributed by atoms with E-state index in [1.54, 1.807) is 25.1 Å². The van der Waals surface area contributed by atoms with E-state index in [2.05, 4.69) is 10.3 Å². The van der Waals surface area contributed by atoms with Crippen LogP contribution in [0.1, 0.15) is 12.5 Å². The Morgan fingerprint density at radius 2 is 1.72 bits per heavy atom. The van der Waals surface area contributed by atoms with Gasteiger partial charge < -0.3 is 9.47 Å². The van der Waals surface area contributed by atoms with Crippen LogP contribution in [0.2, 0.25) is 0 Å². The highest BCUT2D eigenvalue weighted by Gasteiger charge is 2.22. The van der Waals surface area contributed by atoms with E-state index in [1.165, 1.54) is 20.1 Å². The molecule has 3 aromatic rings. The van der Waals surface area contributed by atoms with E-state index in [4.69, 9.17) is 9.47 Å². The summed E-state index contributed by atoms with van der Waals surface area (Å²) in [7, 11) is -2.64. The molecule has 1 amide bonds. The normalized spacial score (nSPS) is 12.4. The van der Waals surface area contributed by atoms with Crippen molar-refractivity contribution in [3.05, 3.63) is 66.2 Å². The van der Waals surface area contributed by atoms with E-state index in [0.717, 1.165) is 16.3 Å². The summed E-state index contributed by atoms with van der Waals surface area (Å²) in [5, 5.41) is 2.03. The molecule has 29 heavy (non-hydrogen) atoms. The minimum atomic E-state index is -4.02. The molecule has 1 atom stereocenters. The first kappa shape index (κ1) is 20.6. The van der Waals surface area contributed by atoms with Crippen molar-refractivity contribution in [3.8, 4) is 11.5 Å². The molecule has 0 aromatic heterocycles. The Morgan fingerprint density at radius 1 is 1.00 bits per heavy atom. The van der Waals surface area contributed by atoms with Crippen LogP contribution in [0.3, 0.4) is 0 Å². The van der Waals surface area contributed by atoms with Crippen molar-refractivity contribution in [1.82, 2.24) is 10.3 Å². The lowest BCUT2D eigenvalue weighted by Gasteiger charge is -2.16. The van der Waals surface area contributed by atoms with Crippen molar-refractivity contribution >= 4 is 26.7 Å². The number of carbonyl (C=O) groups excluding carboxylic acids is 1. The van der Waals surface area contributed by atoms with E-state index in [1.807, 2.05) is 36.4 Å². The smallest absolute Gasteiger partial charge is 0.275 e. The zero-order chi connectivity index (χ0) is 21.0. The van der Waals surface area contributed by atoms with Gasteiger partial charge >= 0.3 is 0 Å². The van der Waals surface area contributed by atoms with Crippen LogP contribution in [0.4, 0.5) is 0 Å². The van der Waals surface area contributed by atoms with Gasteiger partial charge in [-0.25, -0.2) is 8.42 Å². The lowest BCUT2D eigenvalue weighted by Crippen LogP contribution is -2.47. The fourth-order valence-electron chi connectivity index (χ4n) is 2.77. The molecular formula is C21H22N2O5S. The predicted octanol–water partition coefficient (Wildman–Crippen LogP) is 2.93. The van der Waals surface area contributed by atoms with Crippen molar-refractivity contribution in [2.24, 2.45) is 0 Å². The standard InChI is InChI=1S/C21H22N2O5S/c1-14-8-11-19(27-3)20(12-14)29(25,26)23-22-21(24)15(2)28-18-10-9-16-6-4-5-7-17(16)13-18/h4-13,15,23H,1-3H3,(H,22,24)/t15-/m0/s1. The second-order valence-electron chi connectivity index (χ2n) is 6.52. The molecule has 0 aliphatic heterocycles. The molecule has 0 heterocycles. The number of hydrogen-bond donors (Lipinski definition) is 2. The summed E-state index contributed by atoms with van der Waals surface area (Å²) < 4.78 is 35.8. The minimum Gasteiger partial charge on any atom is -0.495 e. The Morgan fingerprint density at radius 3 is 2.45 bits per heavy atom. The maximum Gasteiger partial charge on any atom is 0.275 e. The zero-order valence-corrected chi connectivity index (χ0v) is 17.1. The number of nitrogens with one attached hydrogen (secondary N) is 2. The number of hydrogen-bond acceptors (Lipinski definition) is 5. The van der Waals surface area contributed by atoms with E-state index >= 15 is 0 Å². The highest BCUT2D eigenvalue weighted by Crippen LogP contribution is 2.24. The molecule has 8 heteroatoms. The van der Waals surface area contributed by atoms with Crippen molar-refractivity contribution in [2.45, 2.75) is 24.8 Å². The number of amides is 1. The van der Waals surface area contributed by atoms with Crippen LogP contribution in [0, 0.1) is 6.92 Å². The number of benzene rings is 3. The first-order valence-electron chi connectivity index (χ1n) is 8.92. The maximum atomic E-state index is 12.5. The van der Waals surface area contributed by atoms with Crippen LogP contribution in [-0.2, 0) is 14.8 Å². The van der Waals surface area contributed by atoms with Crippen LogP contribution >= 0.6 is 0 Å². The number of hydrazine groups is 1. The molecule has 0 aliphatic rings. The van der Waals surface area contributed by atoms with Gasteiger partial charge in [0.1, 0.15) is 16.4 Å². The molecule has 0 bridgehead atoms. The van der Waals surface area contributed by atoms with E-state index in [9.17, 15) is 13.2 Å². The number of fused-ring (bicyclic) bond motifs is 1. The summed E-state index contributed by atoms with van der Waals surface area (Å²) in [6, 6.07) is 18.0. The number of sulfonamides is 1. The van der Waals surface area contributed by atoms with Crippen LogP contribution in [0.15, 0.2) is 65.6 Å². The molecular weight excluding hydrogens is 392 g/mol. The molecule has 0 aliphatic carbocycles. The summed E-state index contributed by atoms with van der Waals surface area (Å²) in [6.45, 7) is 3.29. The summed E-state index contributed by atoms with van der Waals surface area (Å²) in [5.74, 6) is 0.0562. The lowest BCUT2D eigenvalue weighted by atomic mass is 10.1. The molecule has 7 nitrogen and oxygen atoms in total. The third-order valence-corrected chi connectivity index (χ3v) is 5.59. The van der Waals surface area contributed by atoms with Gasteiger partial charge in [0.25, 0.3) is 15.9 Å².